The Bertz CT molecular complexity index is 389. The Morgan fingerprint density at radius 2 is 2.26 bits per heavy atom. The van der Waals surface area contributed by atoms with E-state index in [4.69, 9.17) is 9.15 Å². The van der Waals surface area contributed by atoms with E-state index >= 15 is 0 Å². The van der Waals surface area contributed by atoms with E-state index in [1.54, 1.807) is 25.3 Å². The molecule has 0 aliphatic carbocycles. The van der Waals surface area contributed by atoms with E-state index in [1.807, 2.05) is 6.92 Å². The van der Waals surface area contributed by atoms with E-state index < -0.39 is 0 Å². The number of furan rings is 1. The first-order chi connectivity index (χ1) is 9.13. The Balaban J connectivity index is 2.13. The van der Waals surface area contributed by atoms with Gasteiger partial charge < -0.3 is 19.8 Å². The van der Waals surface area contributed by atoms with Gasteiger partial charge in [-0.25, -0.2) is 0 Å². The fourth-order valence-electron chi connectivity index (χ4n) is 1.53. The van der Waals surface area contributed by atoms with Crippen LogP contribution in [-0.2, 0) is 14.3 Å². The van der Waals surface area contributed by atoms with Crippen LogP contribution in [0.5, 0.6) is 0 Å². The molecule has 0 saturated heterocycles. The molecule has 1 rings (SSSR count). The summed E-state index contributed by atoms with van der Waals surface area (Å²) in [6, 6.07) is 3.41. The zero-order chi connectivity index (χ0) is 14.1. The molecule has 0 saturated carbocycles. The van der Waals surface area contributed by atoms with Crippen LogP contribution in [0.4, 0.5) is 0 Å². The number of hydrogen-bond acceptors (Lipinski definition) is 5. The largest absolute Gasteiger partial charge is 0.467 e. The van der Waals surface area contributed by atoms with Gasteiger partial charge in [0.05, 0.1) is 31.9 Å². The predicted octanol–water partition coefficient (Wildman–Crippen LogP) is 1.000. The fourth-order valence-corrected chi connectivity index (χ4v) is 1.53. The fraction of sp³-hybridized carbons (Fsp3) is 0.538. The predicted molar refractivity (Wildman–Crippen MR) is 69.4 cm³/mol. The molecule has 0 fully saturated rings. The molecule has 1 unspecified atom stereocenters. The number of esters is 1. The Hall–Kier alpha value is -1.82. The van der Waals surface area contributed by atoms with Gasteiger partial charge in [0.25, 0.3) is 0 Å². The van der Waals surface area contributed by atoms with E-state index in [0.29, 0.717) is 18.9 Å². The molecule has 1 aromatic rings. The maximum Gasteiger partial charge on any atom is 0.307 e. The zero-order valence-electron chi connectivity index (χ0n) is 11.3. The molecule has 1 amide bonds. The molecule has 1 atom stereocenters. The van der Waals surface area contributed by atoms with Gasteiger partial charge in [0.2, 0.25) is 5.91 Å². The SMILES string of the molecule is CCOC(=O)CCNCC(=O)NC(C)c1ccco1. The topological polar surface area (TPSA) is 80.6 Å². The van der Waals surface area contributed by atoms with Crippen molar-refractivity contribution in [1.82, 2.24) is 10.6 Å². The lowest BCUT2D eigenvalue weighted by molar-refractivity contribution is -0.143. The molecule has 0 aliphatic heterocycles. The molecule has 6 heteroatoms. The molecular formula is C13H20N2O4. The minimum atomic E-state index is -0.264. The number of amides is 1. The Morgan fingerprint density at radius 3 is 2.89 bits per heavy atom. The summed E-state index contributed by atoms with van der Waals surface area (Å²) in [7, 11) is 0. The number of carbonyl (C=O) groups excluding carboxylic acids is 2. The molecule has 1 heterocycles. The summed E-state index contributed by atoms with van der Waals surface area (Å²) in [6.45, 7) is 4.55. The maximum absolute atomic E-state index is 11.6. The quantitative estimate of drug-likeness (QED) is 0.543. The summed E-state index contributed by atoms with van der Waals surface area (Å²) >= 11 is 0. The minimum Gasteiger partial charge on any atom is -0.467 e. The molecule has 0 spiro atoms. The highest BCUT2D eigenvalue weighted by Gasteiger charge is 2.11. The highest BCUT2D eigenvalue weighted by Crippen LogP contribution is 2.11. The van der Waals surface area contributed by atoms with Crippen LogP contribution in [0.25, 0.3) is 0 Å². The van der Waals surface area contributed by atoms with Gasteiger partial charge in [0.15, 0.2) is 0 Å². The van der Waals surface area contributed by atoms with Crippen molar-refractivity contribution < 1.29 is 18.7 Å². The first-order valence-electron chi connectivity index (χ1n) is 6.32. The molecule has 0 aliphatic rings. The summed E-state index contributed by atoms with van der Waals surface area (Å²) in [5, 5.41) is 5.67. The van der Waals surface area contributed by atoms with Gasteiger partial charge in [-0.3, -0.25) is 9.59 Å². The highest BCUT2D eigenvalue weighted by atomic mass is 16.5. The number of rotatable bonds is 8. The summed E-state index contributed by atoms with van der Waals surface area (Å²) in [5.41, 5.74) is 0. The van der Waals surface area contributed by atoms with Crippen LogP contribution in [0.1, 0.15) is 32.1 Å². The lowest BCUT2D eigenvalue weighted by Gasteiger charge is -2.11. The van der Waals surface area contributed by atoms with Crippen LogP contribution in [0, 0.1) is 0 Å². The number of carbonyl (C=O) groups is 2. The lowest BCUT2D eigenvalue weighted by Crippen LogP contribution is -2.36. The first-order valence-corrected chi connectivity index (χ1v) is 6.32. The standard InChI is InChI=1S/C13H20N2O4/c1-3-18-13(17)6-7-14-9-12(16)15-10(2)11-5-4-8-19-11/h4-5,8,10,14H,3,6-7,9H2,1-2H3,(H,15,16). The maximum atomic E-state index is 11.6. The normalized spacial score (nSPS) is 11.9. The third-order valence-electron chi connectivity index (χ3n) is 2.44. The van der Waals surface area contributed by atoms with Gasteiger partial charge in [-0.2, -0.15) is 0 Å². The molecule has 0 bridgehead atoms. The van der Waals surface area contributed by atoms with E-state index in [0.717, 1.165) is 0 Å². The van der Waals surface area contributed by atoms with Crippen molar-refractivity contribution in [2.45, 2.75) is 26.3 Å². The van der Waals surface area contributed by atoms with Gasteiger partial charge in [-0.1, -0.05) is 0 Å². The van der Waals surface area contributed by atoms with Crippen molar-refractivity contribution in [2.24, 2.45) is 0 Å². The van der Waals surface area contributed by atoms with Crippen molar-refractivity contribution >= 4 is 11.9 Å². The van der Waals surface area contributed by atoms with Gasteiger partial charge in [0, 0.05) is 6.54 Å². The van der Waals surface area contributed by atoms with Gasteiger partial charge in [-0.15, -0.1) is 0 Å². The van der Waals surface area contributed by atoms with Crippen molar-refractivity contribution in [2.75, 3.05) is 19.7 Å². The monoisotopic (exact) mass is 268 g/mol. The van der Waals surface area contributed by atoms with Crippen LogP contribution in [0.2, 0.25) is 0 Å². The van der Waals surface area contributed by atoms with Crippen molar-refractivity contribution in [3.05, 3.63) is 24.2 Å². The molecular weight excluding hydrogens is 248 g/mol. The number of nitrogens with one attached hydrogen (secondary N) is 2. The van der Waals surface area contributed by atoms with Gasteiger partial charge >= 0.3 is 5.97 Å². The summed E-state index contributed by atoms with van der Waals surface area (Å²) in [5.74, 6) is 0.298. The second-order valence-corrected chi connectivity index (χ2v) is 4.04. The zero-order valence-corrected chi connectivity index (χ0v) is 11.3. The molecule has 6 nitrogen and oxygen atoms in total. The Kier molecular flexibility index (Phi) is 6.67. The molecule has 0 radical (unpaired) electrons. The van der Waals surface area contributed by atoms with Gasteiger partial charge in [0.1, 0.15) is 5.76 Å². The van der Waals surface area contributed by atoms with E-state index in [2.05, 4.69) is 10.6 Å². The van der Waals surface area contributed by atoms with E-state index in [1.165, 1.54) is 0 Å². The molecule has 1 aromatic heterocycles. The smallest absolute Gasteiger partial charge is 0.307 e. The average Bonchev–Trinajstić information content (AvgIpc) is 2.89. The van der Waals surface area contributed by atoms with Gasteiger partial charge in [-0.05, 0) is 26.0 Å². The first kappa shape index (κ1) is 15.2. The second kappa shape index (κ2) is 8.31. The molecule has 19 heavy (non-hydrogen) atoms. The van der Waals surface area contributed by atoms with E-state index in [-0.39, 0.29) is 30.9 Å². The van der Waals surface area contributed by atoms with Crippen molar-refractivity contribution in [3.8, 4) is 0 Å². The van der Waals surface area contributed by atoms with Crippen LogP contribution in [-0.4, -0.2) is 31.6 Å². The number of ether oxygens (including phenoxy) is 1. The van der Waals surface area contributed by atoms with Crippen molar-refractivity contribution in [1.29, 1.82) is 0 Å². The molecule has 2 N–H and O–H groups in total. The Labute approximate surface area is 112 Å². The summed E-state index contributed by atoms with van der Waals surface area (Å²) < 4.78 is 9.95. The van der Waals surface area contributed by atoms with Crippen molar-refractivity contribution in [3.63, 3.8) is 0 Å². The van der Waals surface area contributed by atoms with Crippen LogP contribution in [0.3, 0.4) is 0 Å². The summed E-state index contributed by atoms with van der Waals surface area (Å²) in [4.78, 5) is 22.6. The second-order valence-electron chi connectivity index (χ2n) is 4.04. The average molecular weight is 268 g/mol. The minimum absolute atomic E-state index is 0.146. The van der Waals surface area contributed by atoms with Crippen LogP contribution in [0.15, 0.2) is 22.8 Å². The van der Waals surface area contributed by atoms with Crippen LogP contribution < -0.4 is 10.6 Å². The highest BCUT2D eigenvalue weighted by molar-refractivity contribution is 5.78. The number of hydrogen-bond donors (Lipinski definition) is 2. The Morgan fingerprint density at radius 1 is 1.47 bits per heavy atom. The van der Waals surface area contributed by atoms with E-state index in [9.17, 15) is 9.59 Å². The molecule has 106 valence electrons. The van der Waals surface area contributed by atoms with Crippen LogP contribution >= 0.6 is 0 Å². The summed E-state index contributed by atoms with van der Waals surface area (Å²) in [6.07, 6.45) is 1.82. The molecule has 0 aromatic carbocycles. The third-order valence-corrected chi connectivity index (χ3v) is 2.44. The lowest BCUT2D eigenvalue weighted by atomic mass is 10.2. The third kappa shape index (κ3) is 6.05.